The summed E-state index contributed by atoms with van der Waals surface area (Å²) < 4.78 is 5.45. The Bertz CT molecular complexity index is 244. The van der Waals surface area contributed by atoms with E-state index in [0.717, 1.165) is 19.3 Å². The summed E-state index contributed by atoms with van der Waals surface area (Å²) in [5.41, 5.74) is 5.85. The van der Waals surface area contributed by atoms with E-state index in [-0.39, 0.29) is 17.4 Å². The minimum atomic E-state index is -0.265. The van der Waals surface area contributed by atoms with Crippen LogP contribution in [0.5, 0.6) is 0 Å². The highest BCUT2D eigenvalue weighted by atomic mass is 16.5. The minimum absolute atomic E-state index is 0.0229. The van der Waals surface area contributed by atoms with Gasteiger partial charge in [-0.1, -0.05) is 20.8 Å². The lowest BCUT2D eigenvalue weighted by atomic mass is 9.82. The average molecular weight is 242 g/mol. The predicted molar refractivity (Wildman–Crippen MR) is 68.6 cm³/mol. The molecule has 17 heavy (non-hydrogen) atoms. The summed E-state index contributed by atoms with van der Waals surface area (Å²) in [6, 6.07) is 0. The Hall–Kier alpha value is -0.610. The first-order valence-electron chi connectivity index (χ1n) is 6.68. The molecule has 3 N–H and O–H groups in total. The molecule has 1 aliphatic heterocycles. The normalized spacial score (nSPS) is 24.9. The number of rotatable bonds is 6. The highest BCUT2D eigenvalue weighted by Gasteiger charge is 2.32. The highest BCUT2D eigenvalue weighted by Crippen LogP contribution is 2.24. The first kappa shape index (κ1) is 14.5. The van der Waals surface area contributed by atoms with Gasteiger partial charge in [0.25, 0.3) is 0 Å². The number of amides is 1. The van der Waals surface area contributed by atoms with E-state index in [0.29, 0.717) is 25.6 Å². The SMILES string of the molecule is CCC(CC)(CN)CNC(=O)C1OCCC1C. The van der Waals surface area contributed by atoms with Crippen molar-refractivity contribution in [1.29, 1.82) is 0 Å². The molecule has 1 saturated heterocycles. The Morgan fingerprint density at radius 2 is 2.12 bits per heavy atom. The van der Waals surface area contributed by atoms with Crippen LogP contribution in [-0.4, -0.2) is 31.7 Å². The lowest BCUT2D eigenvalue weighted by molar-refractivity contribution is -0.132. The van der Waals surface area contributed by atoms with E-state index >= 15 is 0 Å². The number of hydrogen-bond acceptors (Lipinski definition) is 3. The lowest BCUT2D eigenvalue weighted by Crippen LogP contribution is -2.45. The van der Waals surface area contributed by atoms with Crippen LogP contribution < -0.4 is 11.1 Å². The Morgan fingerprint density at radius 3 is 2.53 bits per heavy atom. The van der Waals surface area contributed by atoms with Crippen LogP contribution in [0.4, 0.5) is 0 Å². The number of hydrogen-bond donors (Lipinski definition) is 2. The van der Waals surface area contributed by atoms with Crippen molar-refractivity contribution < 1.29 is 9.53 Å². The van der Waals surface area contributed by atoms with Crippen LogP contribution in [0.15, 0.2) is 0 Å². The van der Waals surface area contributed by atoms with Gasteiger partial charge in [-0.15, -0.1) is 0 Å². The van der Waals surface area contributed by atoms with E-state index in [1.807, 2.05) is 0 Å². The molecule has 0 saturated carbocycles. The second-order valence-corrected chi connectivity index (χ2v) is 5.19. The fourth-order valence-corrected chi connectivity index (χ4v) is 2.27. The van der Waals surface area contributed by atoms with E-state index in [2.05, 4.69) is 26.1 Å². The molecule has 0 radical (unpaired) electrons. The summed E-state index contributed by atoms with van der Waals surface area (Å²) in [5, 5.41) is 3.00. The van der Waals surface area contributed by atoms with Gasteiger partial charge in [0.2, 0.25) is 5.91 Å². The molecule has 1 amide bonds. The van der Waals surface area contributed by atoms with Crippen molar-refractivity contribution in [2.24, 2.45) is 17.1 Å². The number of nitrogens with two attached hydrogens (primary N) is 1. The fraction of sp³-hybridized carbons (Fsp3) is 0.923. The van der Waals surface area contributed by atoms with E-state index in [4.69, 9.17) is 10.5 Å². The van der Waals surface area contributed by atoms with Crippen molar-refractivity contribution in [2.45, 2.75) is 46.1 Å². The monoisotopic (exact) mass is 242 g/mol. The summed E-state index contributed by atoms with van der Waals surface area (Å²) in [7, 11) is 0. The molecule has 1 aliphatic rings. The smallest absolute Gasteiger partial charge is 0.249 e. The molecular weight excluding hydrogens is 216 g/mol. The molecule has 0 bridgehead atoms. The van der Waals surface area contributed by atoms with Crippen LogP contribution in [0.2, 0.25) is 0 Å². The molecule has 0 aromatic heterocycles. The number of ether oxygens (including phenoxy) is 1. The molecule has 4 nitrogen and oxygen atoms in total. The van der Waals surface area contributed by atoms with Crippen molar-refractivity contribution in [3.8, 4) is 0 Å². The van der Waals surface area contributed by atoms with Crippen LogP contribution in [0.3, 0.4) is 0 Å². The maximum absolute atomic E-state index is 12.0. The average Bonchev–Trinajstić information content (AvgIpc) is 2.78. The Labute approximate surface area is 104 Å². The van der Waals surface area contributed by atoms with Gasteiger partial charge in [-0.3, -0.25) is 4.79 Å². The van der Waals surface area contributed by atoms with Crippen molar-refractivity contribution in [1.82, 2.24) is 5.32 Å². The van der Waals surface area contributed by atoms with Crippen LogP contribution in [0, 0.1) is 11.3 Å². The Balaban J connectivity index is 2.46. The summed E-state index contributed by atoms with van der Waals surface area (Å²) in [6.45, 7) is 8.27. The van der Waals surface area contributed by atoms with Crippen LogP contribution in [0.1, 0.15) is 40.0 Å². The molecule has 2 unspecified atom stereocenters. The van der Waals surface area contributed by atoms with E-state index in [1.165, 1.54) is 0 Å². The van der Waals surface area contributed by atoms with Gasteiger partial charge < -0.3 is 15.8 Å². The largest absolute Gasteiger partial charge is 0.368 e. The maximum atomic E-state index is 12.0. The Kier molecular flexibility index (Phi) is 5.40. The summed E-state index contributed by atoms with van der Waals surface area (Å²) in [5.74, 6) is 0.347. The fourth-order valence-electron chi connectivity index (χ4n) is 2.27. The van der Waals surface area contributed by atoms with E-state index in [1.54, 1.807) is 0 Å². The highest BCUT2D eigenvalue weighted by molar-refractivity contribution is 5.81. The van der Waals surface area contributed by atoms with Gasteiger partial charge in [-0.05, 0) is 37.1 Å². The standard InChI is InChI=1S/C13H26N2O2/c1-4-13(5-2,8-14)9-15-12(16)11-10(3)6-7-17-11/h10-11H,4-9,14H2,1-3H3,(H,15,16). The molecule has 0 spiro atoms. The molecule has 1 fully saturated rings. The number of carbonyl (C=O) groups is 1. The molecule has 1 rings (SSSR count). The summed E-state index contributed by atoms with van der Waals surface area (Å²) >= 11 is 0. The van der Waals surface area contributed by atoms with Crippen LogP contribution >= 0.6 is 0 Å². The summed E-state index contributed by atoms with van der Waals surface area (Å²) in [4.78, 5) is 12.0. The zero-order valence-electron chi connectivity index (χ0n) is 11.3. The molecule has 4 heteroatoms. The second-order valence-electron chi connectivity index (χ2n) is 5.19. The van der Waals surface area contributed by atoms with E-state index in [9.17, 15) is 4.79 Å². The van der Waals surface area contributed by atoms with Gasteiger partial charge in [-0.2, -0.15) is 0 Å². The topological polar surface area (TPSA) is 64.3 Å². The Morgan fingerprint density at radius 1 is 1.47 bits per heavy atom. The second kappa shape index (κ2) is 6.36. The summed E-state index contributed by atoms with van der Waals surface area (Å²) in [6.07, 6.45) is 2.68. The zero-order chi connectivity index (χ0) is 12.9. The molecule has 100 valence electrons. The minimum Gasteiger partial charge on any atom is -0.368 e. The first-order chi connectivity index (χ1) is 8.08. The van der Waals surface area contributed by atoms with Crippen molar-refractivity contribution >= 4 is 5.91 Å². The third kappa shape index (κ3) is 3.42. The third-order valence-electron chi connectivity index (χ3n) is 4.22. The lowest BCUT2D eigenvalue weighted by Gasteiger charge is -2.31. The van der Waals surface area contributed by atoms with Gasteiger partial charge in [0.05, 0.1) is 0 Å². The van der Waals surface area contributed by atoms with Gasteiger partial charge in [0.15, 0.2) is 0 Å². The quantitative estimate of drug-likeness (QED) is 0.737. The van der Waals surface area contributed by atoms with Crippen molar-refractivity contribution in [3.63, 3.8) is 0 Å². The maximum Gasteiger partial charge on any atom is 0.249 e. The third-order valence-corrected chi connectivity index (χ3v) is 4.22. The van der Waals surface area contributed by atoms with Gasteiger partial charge in [-0.25, -0.2) is 0 Å². The molecule has 2 atom stereocenters. The van der Waals surface area contributed by atoms with Gasteiger partial charge >= 0.3 is 0 Å². The van der Waals surface area contributed by atoms with Crippen LogP contribution in [-0.2, 0) is 9.53 Å². The van der Waals surface area contributed by atoms with Gasteiger partial charge in [0.1, 0.15) is 6.10 Å². The molecule has 1 heterocycles. The van der Waals surface area contributed by atoms with Gasteiger partial charge in [0, 0.05) is 13.2 Å². The van der Waals surface area contributed by atoms with Crippen molar-refractivity contribution in [3.05, 3.63) is 0 Å². The predicted octanol–water partition coefficient (Wildman–Crippen LogP) is 1.29. The molecule has 0 aliphatic carbocycles. The molecule has 0 aromatic carbocycles. The molecule has 0 aromatic rings. The van der Waals surface area contributed by atoms with Crippen molar-refractivity contribution in [2.75, 3.05) is 19.7 Å². The molecular formula is C13H26N2O2. The van der Waals surface area contributed by atoms with E-state index < -0.39 is 0 Å². The number of carbonyl (C=O) groups excluding carboxylic acids is 1. The first-order valence-corrected chi connectivity index (χ1v) is 6.68. The van der Waals surface area contributed by atoms with Crippen LogP contribution in [0.25, 0.3) is 0 Å². The number of nitrogens with one attached hydrogen (secondary N) is 1. The zero-order valence-corrected chi connectivity index (χ0v) is 11.3.